The first-order valence-electron chi connectivity index (χ1n) is 7.14. The van der Waals surface area contributed by atoms with Gasteiger partial charge in [0.25, 0.3) is 0 Å². The van der Waals surface area contributed by atoms with Gasteiger partial charge in [0.2, 0.25) is 0 Å². The fraction of sp³-hybridized carbons (Fsp3) is 0.438. The summed E-state index contributed by atoms with van der Waals surface area (Å²) < 4.78 is 0. The molecular formula is C16H20ClN3O. The third-order valence-corrected chi connectivity index (χ3v) is 3.85. The molecule has 0 radical (unpaired) electrons. The molecule has 2 amide bonds. The summed E-state index contributed by atoms with van der Waals surface area (Å²) in [5.74, 6) is 6.43. The smallest absolute Gasteiger partial charge is 0.321 e. The van der Waals surface area contributed by atoms with Crippen LogP contribution < -0.4 is 11.1 Å². The molecule has 0 aromatic heterocycles. The average Bonchev–Trinajstić information content (AvgIpc) is 2.47. The first-order chi connectivity index (χ1) is 10.1. The van der Waals surface area contributed by atoms with Crippen LogP contribution in [0.5, 0.6) is 0 Å². The van der Waals surface area contributed by atoms with Gasteiger partial charge in [-0.15, -0.1) is 0 Å². The Morgan fingerprint density at radius 2 is 2.19 bits per heavy atom. The Labute approximate surface area is 130 Å². The van der Waals surface area contributed by atoms with Crippen LogP contribution in [0.3, 0.4) is 0 Å². The van der Waals surface area contributed by atoms with E-state index in [0.29, 0.717) is 16.6 Å². The van der Waals surface area contributed by atoms with Crippen LogP contribution >= 0.6 is 11.6 Å². The molecule has 5 heteroatoms. The molecule has 21 heavy (non-hydrogen) atoms. The van der Waals surface area contributed by atoms with Gasteiger partial charge in [0.05, 0.1) is 12.2 Å². The van der Waals surface area contributed by atoms with Crippen molar-refractivity contribution in [1.29, 1.82) is 0 Å². The second-order valence-electron chi connectivity index (χ2n) is 5.30. The Morgan fingerprint density at radius 1 is 1.48 bits per heavy atom. The summed E-state index contributed by atoms with van der Waals surface area (Å²) in [4.78, 5) is 14.1. The summed E-state index contributed by atoms with van der Waals surface area (Å²) in [6, 6.07) is 5.16. The Hall–Kier alpha value is -1.70. The highest BCUT2D eigenvalue weighted by Gasteiger charge is 2.20. The molecule has 0 aliphatic carbocycles. The van der Waals surface area contributed by atoms with Crippen molar-refractivity contribution in [3.05, 3.63) is 28.8 Å². The summed E-state index contributed by atoms with van der Waals surface area (Å²) in [7, 11) is 0. The zero-order valence-electron chi connectivity index (χ0n) is 12.2. The van der Waals surface area contributed by atoms with Crippen LogP contribution in [0.15, 0.2) is 18.2 Å². The lowest BCUT2D eigenvalue weighted by atomic mass is 10.00. The molecule has 3 N–H and O–H groups in total. The molecule has 1 aliphatic heterocycles. The largest absolute Gasteiger partial charge is 0.325 e. The topological polar surface area (TPSA) is 58.4 Å². The number of piperidine rings is 1. The summed E-state index contributed by atoms with van der Waals surface area (Å²) in [6.07, 6.45) is 2.09. The number of carbonyl (C=O) groups excluding carboxylic acids is 1. The van der Waals surface area contributed by atoms with Crippen LogP contribution in [0.2, 0.25) is 5.02 Å². The maximum atomic E-state index is 12.3. The third-order valence-electron chi connectivity index (χ3n) is 3.62. The predicted octanol–water partition coefficient (Wildman–Crippen LogP) is 2.91. The highest BCUT2D eigenvalue weighted by atomic mass is 35.5. The zero-order chi connectivity index (χ0) is 15.2. The van der Waals surface area contributed by atoms with E-state index in [1.54, 1.807) is 18.2 Å². The Morgan fingerprint density at radius 3 is 2.86 bits per heavy atom. The second kappa shape index (κ2) is 7.35. The number of anilines is 1. The quantitative estimate of drug-likeness (QED) is 0.784. The highest BCUT2D eigenvalue weighted by molar-refractivity contribution is 6.31. The van der Waals surface area contributed by atoms with E-state index in [-0.39, 0.29) is 12.6 Å². The number of amides is 2. The molecule has 0 unspecified atom stereocenters. The summed E-state index contributed by atoms with van der Waals surface area (Å²) >= 11 is 6.00. The van der Waals surface area contributed by atoms with Gasteiger partial charge in [0.15, 0.2) is 0 Å². The van der Waals surface area contributed by atoms with E-state index in [0.717, 1.165) is 31.5 Å². The van der Waals surface area contributed by atoms with Crippen LogP contribution in [0, 0.1) is 17.8 Å². The molecule has 1 aromatic rings. The minimum absolute atomic E-state index is 0.0973. The van der Waals surface area contributed by atoms with Crippen molar-refractivity contribution in [2.24, 2.45) is 11.7 Å². The lowest BCUT2D eigenvalue weighted by Gasteiger charge is -2.30. The molecule has 1 heterocycles. The fourth-order valence-electron chi connectivity index (χ4n) is 2.28. The van der Waals surface area contributed by atoms with E-state index < -0.39 is 0 Å². The van der Waals surface area contributed by atoms with E-state index in [1.807, 2.05) is 4.90 Å². The van der Waals surface area contributed by atoms with E-state index in [4.69, 9.17) is 17.3 Å². The number of urea groups is 1. The molecule has 0 bridgehead atoms. The predicted molar refractivity (Wildman–Crippen MR) is 86.4 cm³/mol. The lowest BCUT2D eigenvalue weighted by Crippen LogP contribution is -2.40. The maximum Gasteiger partial charge on any atom is 0.321 e. The van der Waals surface area contributed by atoms with E-state index in [9.17, 15) is 4.79 Å². The number of nitrogens with zero attached hydrogens (tertiary/aromatic N) is 1. The first-order valence-corrected chi connectivity index (χ1v) is 7.52. The second-order valence-corrected chi connectivity index (χ2v) is 5.73. The van der Waals surface area contributed by atoms with Crippen molar-refractivity contribution < 1.29 is 4.79 Å². The van der Waals surface area contributed by atoms with Gasteiger partial charge in [0.1, 0.15) is 0 Å². The van der Waals surface area contributed by atoms with Crippen LogP contribution in [-0.4, -0.2) is 30.6 Å². The van der Waals surface area contributed by atoms with Gasteiger partial charge in [0, 0.05) is 23.7 Å². The van der Waals surface area contributed by atoms with Gasteiger partial charge in [-0.1, -0.05) is 30.4 Å². The monoisotopic (exact) mass is 305 g/mol. The van der Waals surface area contributed by atoms with Gasteiger partial charge < -0.3 is 16.0 Å². The standard InChI is InChI=1S/C16H20ClN3O/c1-12-6-9-20(10-7-12)16(21)19-15-11-14(17)5-4-13(15)3-2-8-18/h4-5,11-12H,6-10,18H2,1H3,(H,19,21). The molecule has 2 rings (SSSR count). The van der Waals surface area contributed by atoms with E-state index in [2.05, 4.69) is 24.1 Å². The van der Waals surface area contributed by atoms with Crippen LogP contribution in [0.4, 0.5) is 10.5 Å². The van der Waals surface area contributed by atoms with Gasteiger partial charge >= 0.3 is 6.03 Å². The molecule has 1 aromatic carbocycles. The molecule has 1 fully saturated rings. The molecular weight excluding hydrogens is 286 g/mol. The average molecular weight is 306 g/mol. The number of benzene rings is 1. The first kappa shape index (κ1) is 15.7. The van der Waals surface area contributed by atoms with Gasteiger partial charge in [-0.2, -0.15) is 0 Å². The molecule has 0 saturated carbocycles. The van der Waals surface area contributed by atoms with Crippen molar-refractivity contribution in [1.82, 2.24) is 4.90 Å². The molecule has 0 spiro atoms. The molecule has 4 nitrogen and oxygen atoms in total. The number of carbonyl (C=O) groups is 1. The highest BCUT2D eigenvalue weighted by Crippen LogP contribution is 2.22. The Bertz CT molecular complexity index is 569. The molecule has 1 aliphatic rings. The molecule has 1 saturated heterocycles. The summed E-state index contributed by atoms with van der Waals surface area (Å²) in [5, 5.41) is 3.47. The summed E-state index contributed by atoms with van der Waals surface area (Å²) in [6.45, 7) is 4.07. The minimum Gasteiger partial charge on any atom is -0.325 e. The number of rotatable bonds is 1. The van der Waals surface area contributed by atoms with Crippen LogP contribution in [0.1, 0.15) is 25.3 Å². The van der Waals surface area contributed by atoms with Crippen molar-refractivity contribution in [2.75, 3.05) is 25.0 Å². The number of hydrogen-bond donors (Lipinski definition) is 2. The van der Waals surface area contributed by atoms with Gasteiger partial charge in [-0.25, -0.2) is 4.79 Å². The number of halogens is 1. The zero-order valence-corrected chi connectivity index (χ0v) is 12.9. The minimum atomic E-state index is -0.0973. The summed E-state index contributed by atoms with van der Waals surface area (Å²) in [5.41, 5.74) is 6.75. The normalized spacial score (nSPS) is 15.3. The Balaban J connectivity index is 2.11. The maximum absolute atomic E-state index is 12.3. The number of hydrogen-bond acceptors (Lipinski definition) is 2. The third kappa shape index (κ3) is 4.38. The molecule has 0 atom stereocenters. The Kier molecular flexibility index (Phi) is 5.49. The van der Waals surface area contributed by atoms with Gasteiger partial charge in [-0.3, -0.25) is 0 Å². The van der Waals surface area contributed by atoms with Crippen molar-refractivity contribution >= 4 is 23.3 Å². The number of nitrogens with one attached hydrogen (secondary N) is 1. The number of likely N-dealkylation sites (tertiary alicyclic amines) is 1. The van der Waals surface area contributed by atoms with Crippen LogP contribution in [0.25, 0.3) is 0 Å². The number of nitrogens with two attached hydrogens (primary N) is 1. The van der Waals surface area contributed by atoms with Crippen LogP contribution in [-0.2, 0) is 0 Å². The van der Waals surface area contributed by atoms with E-state index >= 15 is 0 Å². The fourth-order valence-corrected chi connectivity index (χ4v) is 2.45. The van der Waals surface area contributed by atoms with Gasteiger partial charge in [-0.05, 0) is 37.0 Å². The SMILES string of the molecule is CC1CCN(C(=O)Nc2cc(Cl)ccc2C#CCN)CC1. The van der Waals surface area contributed by atoms with Crippen molar-refractivity contribution in [3.63, 3.8) is 0 Å². The van der Waals surface area contributed by atoms with E-state index in [1.165, 1.54) is 0 Å². The lowest BCUT2D eigenvalue weighted by molar-refractivity contribution is 0.186. The van der Waals surface area contributed by atoms with Crippen molar-refractivity contribution in [3.8, 4) is 11.8 Å². The van der Waals surface area contributed by atoms with Crippen molar-refractivity contribution in [2.45, 2.75) is 19.8 Å². The molecule has 112 valence electrons.